The number of hydrogen-bond acceptors (Lipinski definition) is 4. The molecule has 0 aromatic carbocycles. The number of hydrogen-bond donors (Lipinski definition) is 1. The minimum Gasteiger partial charge on any atom is -0.477 e. The van der Waals surface area contributed by atoms with Crippen LogP contribution in [0.5, 0.6) is 0 Å². The summed E-state index contributed by atoms with van der Waals surface area (Å²) in [6.07, 6.45) is 2.50. The molecule has 0 amide bonds. The van der Waals surface area contributed by atoms with Gasteiger partial charge < -0.3 is 9.84 Å². The van der Waals surface area contributed by atoms with Crippen molar-refractivity contribution in [2.45, 2.75) is 19.0 Å². The Morgan fingerprint density at radius 3 is 3.18 bits per heavy atom. The van der Waals surface area contributed by atoms with Gasteiger partial charge in [-0.3, -0.25) is 4.90 Å². The van der Waals surface area contributed by atoms with Crippen LogP contribution in [-0.4, -0.2) is 47.3 Å². The van der Waals surface area contributed by atoms with Gasteiger partial charge >= 0.3 is 5.97 Å². The summed E-state index contributed by atoms with van der Waals surface area (Å²) in [4.78, 5) is 17.0. The first-order valence-corrected chi connectivity index (χ1v) is 5.63. The van der Waals surface area contributed by atoms with E-state index < -0.39 is 5.97 Å². The molecular formula is C12H16N2O3. The third-order valence-electron chi connectivity index (χ3n) is 3.04. The summed E-state index contributed by atoms with van der Waals surface area (Å²) >= 11 is 0. The predicted molar refractivity (Wildman–Crippen MR) is 61.9 cm³/mol. The van der Waals surface area contributed by atoms with Crippen molar-refractivity contribution in [1.82, 2.24) is 9.88 Å². The SMILES string of the molecule is CN(Cc1cccnc1C(=O)O)C1CCOC1. The molecule has 1 aliphatic heterocycles. The van der Waals surface area contributed by atoms with Crippen LogP contribution < -0.4 is 0 Å². The first-order valence-electron chi connectivity index (χ1n) is 5.63. The molecule has 92 valence electrons. The molecule has 0 radical (unpaired) electrons. The maximum Gasteiger partial charge on any atom is 0.354 e. The van der Waals surface area contributed by atoms with E-state index in [1.54, 1.807) is 6.07 Å². The van der Waals surface area contributed by atoms with E-state index in [9.17, 15) is 4.79 Å². The Kier molecular flexibility index (Phi) is 3.71. The fourth-order valence-corrected chi connectivity index (χ4v) is 2.03. The van der Waals surface area contributed by atoms with Gasteiger partial charge in [-0.05, 0) is 25.1 Å². The molecule has 2 rings (SSSR count). The molecule has 1 saturated heterocycles. The zero-order chi connectivity index (χ0) is 12.3. The molecule has 1 aliphatic rings. The van der Waals surface area contributed by atoms with Crippen LogP contribution >= 0.6 is 0 Å². The highest BCUT2D eigenvalue weighted by Crippen LogP contribution is 2.15. The molecule has 17 heavy (non-hydrogen) atoms. The average Bonchev–Trinajstić information content (AvgIpc) is 2.83. The van der Waals surface area contributed by atoms with Gasteiger partial charge in [0.2, 0.25) is 0 Å². The highest BCUT2D eigenvalue weighted by Gasteiger charge is 2.22. The first-order chi connectivity index (χ1) is 8.18. The van der Waals surface area contributed by atoms with Crippen LogP contribution in [0.15, 0.2) is 18.3 Å². The Morgan fingerprint density at radius 2 is 2.53 bits per heavy atom. The van der Waals surface area contributed by atoms with Crippen LogP contribution in [0.25, 0.3) is 0 Å². The molecule has 0 bridgehead atoms. The van der Waals surface area contributed by atoms with E-state index in [1.165, 1.54) is 6.20 Å². The molecule has 5 nitrogen and oxygen atoms in total. The number of likely N-dealkylation sites (N-methyl/N-ethyl adjacent to an activating group) is 1. The van der Waals surface area contributed by atoms with E-state index >= 15 is 0 Å². The number of nitrogens with zero attached hydrogens (tertiary/aromatic N) is 2. The molecule has 1 N–H and O–H groups in total. The van der Waals surface area contributed by atoms with Crippen LogP contribution in [0.4, 0.5) is 0 Å². The predicted octanol–water partition coefficient (Wildman–Crippen LogP) is 1.00. The van der Waals surface area contributed by atoms with E-state index in [4.69, 9.17) is 9.84 Å². The summed E-state index contributed by atoms with van der Waals surface area (Å²) in [6, 6.07) is 3.95. The zero-order valence-electron chi connectivity index (χ0n) is 9.80. The summed E-state index contributed by atoms with van der Waals surface area (Å²) in [5.41, 5.74) is 0.882. The summed E-state index contributed by atoms with van der Waals surface area (Å²) in [7, 11) is 1.98. The van der Waals surface area contributed by atoms with Crippen LogP contribution in [0, 0.1) is 0 Å². The third kappa shape index (κ3) is 2.81. The fourth-order valence-electron chi connectivity index (χ4n) is 2.03. The van der Waals surface area contributed by atoms with E-state index in [0.29, 0.717) is 12.6 Å². The van der Waals surface area contributed by atoms with Crippen LogP contribution in [0.2, 0.25) is 0 Å². The molecule has 1 aromatic heterocycles. The van der Waals surface area contributed by atoms with Crippen molar-refractivity contribution >= 4 is 5.97 Å². The van der Waals surface area contributed by atoms with Gasteiger partial charge in [0, 0.05) is 25.4 Å². The smallest absolute Gasteiger partial charge is 0.354 e. The normalized spacial score (nSPS) is 19.8. The second-order valence-corrected chi connectivity index (χ2v) is 4.25. The van der Waals surface area contributed by atoms with Crippen molar-refractivity contribution in [3.8, 4) is 0 Å². The number of aromatic nitrogens is 1. The molecule has 2 heterocycles. The van der Waals surface area contributed by atoms with Gasteiger partial charge in [-0.15, -0.1) is 0 Å². The maximum atomic E-state index is 11.0. The second kappa shape index (κ2) is 5.25. The van der Waals surface area contributed by atoms with Gasteiger partial charge in [0.15, 0.2) is 5.69 Å². The lowest BCUT2D eigenvalue weighted by molar-refractivity contribution is 0.0687. The Labute approximate surface area is 100 Å². The number of carbonyl (C=O) groups is 1. The Bertz CT molecular complexity index is 402. The Balaban J connectivity index is 2.09. The Hall–Kier alpha value is -1.46. The minimum absolute atomic E-state index is 0.137. The van der Waals surface area contributed by atoms with Crippen molar-refractivity contribution in [3.05, 3.63) is 29.6 Å². The standard InChI is InChI=1S/C12H16N2O3/c1-14(10-4-6-17-8-10)7-9-3-2-5-13-11(9)12(15)16/h2-3,5,10H,4,6-8H2,1H3,(H,15,16). The summed E-state index contributed by atoms with van der Waals surface area (Å²) < 4.78 is 5.32. The van der Waals surface area contributed by atoms with Gasteiger partial charge in [-0.25, -0.2) is 9.78 Å². The average molecular weight is 236 g/mol. The van der Waals surface area contributed by atoms with Gasteiger partial charge in [-0.1, -0.05) is 6.07 Å². The topological polar surface area (TPSA) is 62.7 Å². The maximum absolute atomic E-state index is 11.0. The molecule has 1 fully saturated rings. The van der Waals surface area contributed by atoms with Crippen molar-refractivity contribution < 1.29 is 14.6 Å². The van der Waals surface area contributed by atoms with Crippen LogP contribution in [-0.2, 0) is 11.3 Å². The molecule has 1 aromatic rings. The number of carboxylic acids is 1. The van der Waals surface area contributed by atoms with Gasteiger partial charge in [0.1, 0.15) is 0 Å². The summed E-state index contributed by atoms with van der Waals surface area (Å²) in [5.74, 6) is -0.975. The quantitative estimate of drug-likeness (QED) is 0.845. The number of rotatable bonds is 4. The number of ether oxygens (including phenoxy) is 1. The van der Waals surface area contributed by atoms with Crippen molar-refractivity contribution in [2.75, 3.05) is 20.3 Å². The second-order valence-electron chi connectivity index (χ2n) is 4.25. The lowest BCUT2D eigenvalue weighted by Gasteiger charge is -2.23. The fraction of sp³-hybridized carbons (Fsp3) is 0.500. The molecule has 0 aliphatic carbocycles. The lowest BCUT2D eigenvalue weighted by atomic mass is 10.1. The molecular weight excluding hydrogens is 220 g/mol. The van der Waals surface area contributed by atoms with Gasteiger partial charge in [0.25, 0.3) is 0 Å². The first kappa shape index (κ1) is 12.0. The number of aromatic carboxylic acids is 1. The van der Waals surface area contributed by atoms with Gasteiger partial charge in [0.05, 0.1) is 6.61 Å². The van der Waals surface area contributed by atoms with E-state index in [1.807, 2.05) is 13.1 Å². The monoisotopic (exact) mass is 236 g/mol. The third-order valence-corrected chi connectivity index (χ3v) is 3.04. The molecule has 0 spiro atoms. The highest BCUT2D eigenvalue weighted by molar-refractivity contribution is 5.86. The summed E-state index contributed by atoms with van der Waals surface area (Å²) in [6.45, 7) is 2.09. The van der Waals surface area contributed by atoms with Gasteiger partial charge in [-0.2, -0.15) is 0 Å². The van der Waals surface area contributed by atoms with E-state index in [-0.39, 0.29) is 5.69 Å². The molecule has 5 heteroatoms. The number of pyridine rings is 1. The lowest BCUT2D eigenvalue weighted by Crippen LogP contribution is -2.32. The molecule has 1 atom stereocenters. The molecule has 0 saturated carbocycles. The minimum atomic E-state index is -0.975. The van der Waals surface area contributed by atoms with Crippen molar-refractivity contribution in [2.24, 2.45) is 0 Å². The van der Waals surface area contributed by atoms with Crippen molar-refractivity contribution in [1.29, 1.82) is 0 Å². The summed E-state index contributed by atoms with van der Waals surface area (Å²) in [5, 5.41) is 9.04. The van der Waals surface area contributed by atoms with Crippen LogP contribution in [0.3, 0.4) is 0 Å². The van der Waals surface area contributed by atoms with Crippen molar-refractivity contribution in [3.63, 3.8) is 0 Å². The number of carboxylic acid groups (broad SMARTS) is 1. The zero-order valence-corrected chi connectivity index (χ0v) is 9.80. The van der Waals surface area contributed by atoms with E-state index in [2.05, 4.69) is 9.88 Å². The highest BCUT2D eigenvalue weighted by atomic mass is 16.5. The largest absolute Gasteiger partial charge is 0.477 e. The molecule has 1 unspecified atom stereocenters. The van der Waals surface area contributed by atoms with E-state index in [0.717, 1.165) is 25.2 Å². The Morgan fingerprint density at radius 1 is 1.71 bits per heavy atom. The van der Waals surface area contributed by atoms with Crippen LogP contribution in [0.1, 0.15) is 22.5 Å².